The van der Waals surface area contributed by atoms with Crippen LogP contribution in [0.25, 0.3) is 0 Å². The van der Waals surface area contributed by atoms with Crippen LogP contribution in [-0.4, -0.2) is 31.6 Å². The van der Waals surface area contributed by atoms with E-state index >= 15 is 0 Å². The summed E-state index contributed by atoms with van der Waals surface area (Å²) >= 11 is 1.89. The van der Waals surface area contributed by atoms with Crippen molar-refractivity contribution in [3.63, 3.8) is 0 Å². The molecule has 2 unspecified atom stereocenters. The maximum atomic E-state index is 3.69. The van der Waals surface area contributed by atoms with Crippen LogP contribution in [-0.2, 0) is 0 Å². The molecule has 1 N–H and O–H groups in total. The Labute approximate surface area is 110 Å². The predicted molar refractivity (Wildman–Crippen MR) is 78.0 cm³/mol. The molecule has 0 saturated carbocycles. The minimum Gasteiger partial charge on any atom is -0.309 e. The highest BCUT2D eigenvalue weighted by molar-refractivity contribution is 7.12. The van der Waals surface area contributed by atoms with Gasteiger partial charge in [-0.15, -0.1) is 11.3 Å². The lowest BCUT2D eigenvalue weighted by Gasteiger charge is -2.21. The second-order valence-corrected chi connectivity index (χ2v) is 6.71. The van der Waals surface area contributed by atoms with E-state index < -0.39 is 0 Å². The second kappa shape index (κ2) is 6.53. The zero-order valence-electron chi connectivity index (χ0n) is 12.0. The number of rotatable bonds is 6. The van der Waals surface area contributed by atoms with Gasteiger partial charge in [0.2, 0.25) is 0 Å². The van der Waals surface area contributed by atoms with Gasteiger partial charge >= 0.3 is 0 Å². The first-order chi connectivity index (χ1) is 7.90. The van der Waals surface area contributed by atoms with E-state index in [2.05, 4.69) is 58.1 Å². The molecule has 1 aromatic rings. The zero-order chi connectivity index (χ0) is 13.0. The average Bonchev–Trinajstić information content (AvgIpc) is 2.55. The smallest absolute Gasteiger partial charge is 0.0305 e. The summed E-state index contributed by atoms with van der Waals surface area (Å²) in [5.74, 6) is 0. The third-order valence-corrected chi connectivity index (χ3v) is 4.07. The van der Waals surface area contributed by atoms with Crippen molar-refractivity contribution in [2.24, 2.45) is 0 Å². The fraction of sp³-hybridized carbons (Fsp3) is 0.714. The summed E-state index contributed by atoms with van der Waals surface area (Å²) in [4.78, 5) is 5.09. The summed E-state index contributed by atoms with van der Waals surface area (Å²) in [6.45, 7) is 10.1. The second-order valence-electron chi connectivity index (χ2n) is 5.25. The summed E-state index contributed by atoms with van der Waals surface area (Å²) in [7, 11) is 4.26. The first-order valence-electron chi connectivity index (χ1n) is 6.38. The van der Waals surface area contributed by atoms with Gasteiger partial charge in [0.05, 0.1) is 0 Å². The minimum absolute atomic E-state index is 0.456. The molecule has 1 aromatic heterocycles. The monoisotopic (exact) mass is 254 g/mol. The number of hydrogen-bond donors (Lipinski definition) is 1. The average molecular weight is 254 g/mol. The molecule has 3 heteroatoms. The molecular formula is C14H26N2S. The summed E-state index contributed by atoms with van der Waals surface area (Å²) in [5, 5.41) is 3.69. The Morgan fingerprint density at radius 1 is 1.29 bits per heavy atom. The SMILES string of the molecule is Cc1cc(C(C)NC(C)CCN(C)C)c(C)s1. The molecule has 17 heavy (non-hydrogen) atoms. The van der Waals surface area contributed by atoms with Crippen molar-refractivity contribution >= 4 is 11.3 Å². The lowest BCUT2D eigenvalue weighted by molar-refractivity contribution is 0.354. The van der Waals surface area contributed by atoms with Crippen LogP contribution in [0.2, 0.25) is 0 Å². The molecule has 0 spiro atoms. The molecule has 2 atom stereocenters. The normalized spacial score (nSPS) is 15.2. The lowest BCUT2D eigenvalue weighted by atomic mass is 10.1. The molecule has 0 fully saturated rings. The third-order valence-electron chi connectivity index (χ3n) is 3.09. The van der Waals surface area contributed by atoms with Crippen molar-refractivity contribution in [1.29, 1.82) is 0 Å². The highest BCUT2D eigenvalue weighted by atomic mass is 32.1. The highest BCUT2D eigenvalue weighted by Gasteiger charge is 2.13. The van der Waals surface area contributed by atoms with E-state index in [4.69, 9.17) is 0 Å². The van der Waals surface area contributed by atoms with E-state index in [1.807, 2.05) is 11.3 Å². The first-order valence-corrected chi connectivity index (χ1v) is 7.19. The van der Waals surface area contributed by atoms with Crippen molar-refractivity contribution in [2.75, 3.05) is 20.6 Å². The standard InChI is InChI=1S/C14H26N2S/c1-10(7-8-16(5)6)15-12(3)14-9-11(2)17-13(14)4/h9-10,12,15H,7-8H2,1-6H3. The van der Waals surface area contributed by atoms with E-state index in [0.29, 0.717) is 12.1 Å². The lowest BCUT2D eigenvalue weighted by Crippen LogP contribution is -2.31. The number of thiophene rings is 1. The molecule has 2 nitrogen and oxygen atoms in total. The maximum absolute atomic E-state index is 3.69. The topological polar surface area (TPSA) is 15.3 Å². The number of nitrogens with zero attached hydrogens (tertiary/aromatic N) is 1. The molecule has 0 aliphatic heterocycles. The van der Waals surface area contributed by atoms with Gasteiger partial charge in [0.1, 0.15) is 0 Å². The van der Waals surface area contributed by atoms with Crippen LogP contribution >= 0.6 is 11.3 Å². The maximum Gasteiger partial charge on any atom is 0.0305 e. The van der Waals surface area contributed by atoms with Gasteiger partial charge in [-0.1, -0.05) is 0 Å². The highest BCUT2D eigenvalue weighted by Crippen LogP contribution is 2.26. The first kappa shape index (κ1) is 14.7. The van der Waals surface area contributed by atoms with Gasteiger partial charge in [0.15, 0.2) is 0 Å². The van der Waals surface area contributed by atoms with E-state index in [0.717, 1.165) is 6.54 Å². The number of aryl methyl sites for hydroxylation is 2. The van der Waals surface area contributed by atoms with Crippen molar-refractivity contribution in [1.82, 2.24) is 10.2 Å². The van der Waals surface area contributed by atoms with E-state index in [1.165, 1.54) is 21.7 Å². The van der Waals surface area contributed by atoms with Crippen LogP contribution in [0, 0.1) is 13.8 Å². The van der Waals surface area contributed by atoms with Gasteiger partial charge in [-0.2, -0.15) is 0 Å². The van der Waals surface area contributed by atoms with Crippen LogP contribution < -0.4 is 5.32 Å². The molecule has 0 aromatic carbocycles. The molecular weight excluding hydrogens is 228 g/mol. The van der Waals surface area contributed by atoms with Crippen LogP contribution in [0.15, 0.2) is 6.07 Å². The van der Waals surface area contributed by atoms with Crippen LogP contribution in [0.4, 0.5) is 0 Å². The van der Waals surface area contributed by atoms with Crippen molar-refractivity contribution in [2.45, 2.75) is 46.2 Å². The quantitative estimate of drug-likeness (QED) is 0.837. The van der Waals surface area contributed by atoms with Gasteiger partial charge < -0.3 is 10.2 Å². The Hall–Kier alpha value is -0.380. The van der Waals surface area contributed by atoms with Crippen molar-refractivity contribution in [3.8, 4) is 0 Å². The van der Waals surface area contributed by atoms with Gasteiger partial charge in [0, 0.05) is 21.8 Å². The molecule has 0 aliphatic carbocycles. The molecule has 0 saturated heterocycles. The van der Waals surface area contributed by atoms with E-state index in [1.54, 1.807) is 0 Å². The molecule has 0 aliphatic rings. The largest absolute Gasteiger partial charge is 0.309 e. The van der Waals surface area contributed by atoms with Crippen LogP contribution in [0.5, 0.6) is 0 Å². The summed E-state index contributed by atoms with van der Waals surface area (Å²) in [6, 6.07) is 3.33. The fourth-order valence-electron chi connectivity index (χ4n) is 2.13. The molecule has 1 rings (SSSR count). The van der Waals surface area contributed by atoms with Gasteiger partial charge in [0.25, 0.3) is 0 Å². The summed E-state index contributed by atoms with van der Waals surface area (Å²) in [5.41, 5.74) is 1.46. The Bertz CT molecular complexity index is 344. The van der Waals surface area contributed by atoms with Gasteiger partial charge in [-0.3, -0.25) is 0 Å². The predicted octanol–water partition coefficient (Wildman–Crippen LogP) is 3.36. The molecule has 0 bridgehead atoms. The Morgan fingerprint density at radius 3 is 2.41 bits per heavy atom. The summed E-state index contributed by atoms with van der Waals surface area (Å²) in [6.07, 6.45) is 1.19. The molecule has 0 radical (unpaired) electrons. The third kappa shape index (κ3) is 4.78. The van der Waals surface area contributed by atoms with Crippen molar-refractivity contribution in [3.05, 3.63) is 21.4 Å². The number of nitrogens with one attached hydrogen (secondary N) is 1. The Balaban J connectivity index is 2.48. The molecule has 0 amide bonds. The van der Waals surface area contributed by atoms with Crippen LogP contribution in [0.1, 0.15) is 41.6 Å². The fourth-order valence-corrected chi connectivity index (χ4v) is 3.15. The Kier molecular flexibility index (Phi) is 5.63. The molecule has 98 valence electrons. The van der Waals surface area contributed by atoms with E-state index in [-0.39, 0.29) is 0 Å². The molecule has 1 heterocycles. The van der Waals surface area contributed by atoms with Crippen molar-refractivity contribution < 1.29 is 0 Å². The Morgan fingerprint density at radius 2 is 1.94 bits per heavy atom. The number of hydrogen-bond acceptors (Lipinski definition) is 3. The van der Waals surface area contributed by atoms with Crippen LogP contribution in [0.3, 0.4) is 0 Å². The van der Waals surface area contributed by atoms with E-state index in [9.17, 15) is 0 Å². The van der Waals surface area contributed by atoms with Gasteiger partial charge in [-0.25, -0.2) is 0 Å². The minimum atomic E-state index is 0.456. The zero-order valence-corrected chi connectivity index (χ0v) is 12.8. The van der Waals surface area contributed by atoms with Gasteiger partial charge in [-0.05, 0) is 66.4 Å². The summed E-state index contributed by atoms with van der Waals surface area (Å²) < 4.78 is 0.